The van der Waals surface area contributed by atoms with Gasteiger partial charge in [0.05, 0.1) is 4.47 Å². The van der Waals surface area contributed by atoms with Gasteiger partial charge in [-0.05, 0) is 91.8 Å². The zero-order chi connectivity index (χ0) is 14.0. The van der Waals surface area contributed by atoms with Crippen molar-refractivity contribution >= 4 is 79.6 Å². The molecule has 19 heavy (non-hydrogen) atoms. The van der Waals surface area contributed by atoms with Crippen LogP contribution in [-0.4, -0.2) is 0 Å². The third-order valence-electron chi connectivity index (χ3n) is 2.35. The minimum atomic E-state index is -0.767. The van der Waals surface area contributed by atoms with Crippen LogP contribution in [0.25, 0.3) is 0 Å². The van der Waals surface area contributed by atoms with Crippen molar-refractivity contribution in [1.82, 2.24) is 0 Å². The van der Waals surface area contributed by atoms with Crippen molar-refractivity contribution < 1.29 is 4.74 Å². The number of halogens is 5. The quantitative estimate of drug-likeness (QED) is 0.283. The fraction of sp³-hybridized carbons (Fsp3) is 0.0769. The molecule has 0 aromatic heterocycles. The Morgan fingerprint density at radius 2 is 1.42 bits per heavy atom. The monoisotopic (exact) mass is 574 g/mol. The molecule has 2 aromatic rings. The second-order valence-electron chi connectivity index (χ2n) is 3.66. The average molecular weight is 579 g/mol. The highest BCUT2D eigenvalue weighted by atomic mass is 79.9. The summed E-state index contributed by atoms with van der Waals surface area (Å²) in [5.41, 5.74) is 0.973. The van der Waals surface area contributed by atoms with Crippen molar-refractivity contribution in [3.8, 4) is 5.75 Å². The van der Waals surface area contributed by atoms with E-state index in [9.17, 15) is 0 Å². The molecular formula is C13H7Br5O. The van der Waals surface area contributed by atoms with E-state index in [4.69, 9.17) is 4.74 Å². The van der Waals surface area contributed by atoms with Gasteiger partial charge < -0.3 is 4.74 Å². The summed E-state index contributed by atoms with van der Waals surface area (Å²) in [6.07, 6.45) is 0. The fourth-order valence-electron chi connectivity index (χ4n) is 1.42. The number of rotatable bonds is 3. The Labute approximate surface area is 153 Å². The second-order valence-corrected chi connectivity index (χ2v) is 9.40. The summed E-state index contributed by atoms with van der Waals surface area (Å²) in [5, 5.41) is 0. The van der Waals surface area contributed by atoms with Crippen molar-refractivity contribution in [1.29, 1.82) is 0 Å². The van der Waals surface area contributed by atoms with E-state index in [1.807, 2.05) is 42.5 Å². The van der Waals surface area contributed by atoms with Crippen LogP contribution in [0.2, 0.25) is 0 Å². The first-order valence-electron chi connectivity index (χ1n) is 5.17. The van der Waals surface area contributed by atoms with Gasteiger partial charge in [0.2, 0.25) is 3.42 Å². The summed E-state index contributed by atoms with van der Waals surface area (Å²) < 4.78 is 7.94. The van der Waals surface area contributed by atoms with E-state index in [0.29, 0.717) is 5.75 Å². The van der Waals surface area contributed by atoms with Crippen molar-refractivity contribution in [3.05, 3.63) is 61.4 Å². The smallest absolute Gasteiger partial charge is 0.243 e. The second kappa shape index (κ2) is 6.60. The third kappa shape index (κ3) is 3.84. The highest BCUT2D eigenvalue weighted by molar-refractivity contribution is 9.24. The van der Waals surface area contributed by atoms with Gasteiger partial charge in [-0.15, -0.1) is 0 Å². The van der Waals surface area contributed by atoms with Crippen LogP contribution in [0.5, 0.6) is 5.75 Å². The van der Waals surface area contributed by atoms with Crippen LogP contribution in [-0.2, 0) is 3.42 Å². The minimum Gasteiger partial charge on any atom is -0.461 e. The molecule has 0 N–H and O–H groups in total. The van der Waals surface area contributed by atoms with Gasteiger partial charge in [-0.3, -0.25) is 0 Å². The number of benzene rings is 2. The molecule has 0 saturated carbocycles. The van der Waals surface area contributed by atoms with Gasteiger partial charge in [-0.25, -0.2) is 0 Å². The van der Waals surface area contributed by atoms with Gasteiger partial charge in [0.15, 0.2) is 0 Å². The Balaban J connectivity index is 2.33. The number of ether oxygens (including phenoxy) is 1. The first kappa shape index (κ1) is 16.0. The van der Waals surface area contributed by atoms with Crippen LogP contribution in [0.4, 0.5) is 0 Å². The molecule has 0 spiro atoms. The molecule has 0 aliphatic rings. The van der Waals surface area contributed by atoms with Gasteiger partial charge >= 0.3 is 0 Å². The van der Waals surface area contributed by atoms with E-state index in [1.165, 1.54) is 0 Å². The van der Waals surface area contributed by atoms with Gasteiger partial charge in [-0.2, -0.15) is 0 Å². The summed E-state index contributed by atoms with van der Waals surface area (Å²) in [7, 11) is 0. The SMILES string of the molecule is Brc1ccc(OC(Br)(Br)c2ccccc2)c(Br)c1Br. The predicted octanol–water partition coefficient (Wildman–Crippen LogP) is 6.95. The van der Waals surface area contributed by atoms with E-state index >= 15 is 0 Å². The minimum absolute atomic E-state index is 0.715. The maximum absolute atomic E-state index is 5.99. The zero-order valence-corrected chi connectivity index (χ0v) is 17.3. The van der Waals surface area contributed by atoms with E-state index < -0.39 is 3.42 Å². The lowest BCUT2D eigenvalue weighted by atomic mass is 10.2. The van der Waals surface area contributed by atoms with Gasteiger partial charge in [0, 0.05) is 14.5 Å². The van der Waals surface area contributed by atoms with E-state index in [0.717, 1.165) is 19.0 Å². The standard InChI is InChI=1S/C13H7Br5O/c14-9-6-7-10(12(16)11(9)15)19-13(17,18)8-4-2-1-3-5-8/h1-7H. The summed E-state index contributed by atoms with van der Waals surface area (Å²) in [5.74, 6) is 0.715. The zero-order valence-electron chi connectivity index (χ0n) is 9.34. The number of hydrogen-bond acceptors (Lipinski definition) is 1. The van der Waals surface area contributed by atoms with E-state index in [1.54, 1.807) is 0 Å². The Hall–Kier alpha value is 0.640. The maximum atomic E-state index is 5.99. The van der Waals surface area contributed by atoms with Crippen LogP contribution >= 0.6 is 79.6 Å². The number of hydrogen-bond donors (Lipinski definition) is 0. The third-order valence-corrected chi connectivity index (χ3v) is 6.92. The molecule has 2 rings (SSSR count). The van der Waals surface area contributed by atoms with Crippen molar-refractivity contribution in [3.63, 3.8) is 0 Å². The Kier molecular flexibility index (Phi) is 5.57. The first-order valence-corrected chi connectivity index (χ1v) is 9.14. The molecule has 2 aromatic carbocycles. The molecule has 6 heteroatoms. The molecule has 1 nitrogen and oxygen atoms in total. The largest absolute Gasteiger partial charge is 0.461 e. The number of alkyl halides is 2. The average Bonchev–Trinajstić information content (AvgIpc) is 2.40. The van der Waals surface area contributed by atoms with Crippen LogP contribution in [0.1, 0.15) is 5.56 Å². The van der Waals surface area contributed by atoms with E-state index in [-0.39, 0.29) is 0 Å². The molecule has 0 saturated heterocycles. The summed E-state index contributed by atoms with van der Waals surface area (Å²) in [6, 6.07) is 13.7. The maximum Gasteiger partial charge on any atom is 0.243 e. The molecule has 0 aliphatic heterocycles. The predicted molar refractivity (Wildman–Crippen MR) is 96.1 cm³/mol. The lowest BCUT2D eigenvalue weighted by Gasteiger charge is -2.24. The molecule has 0 bridgehead atoms. The summed E-state index contributed by atoms with van der Waals surface area (Å²) >= 11 is 17.6. The van der Waals surface area contributed by atoms with Gasteiger partial charge in [-0.1, -0.05) is 30.3 Å². The molecule has 0 amide bonds. The Morgan fingerprint density at radius 3 is 2.05 bits per heavy atom. The molecule has 0 aliphatic carbocycles. The molecule has 100 valence electrons. The van der Waals surface area contributed by atoms with Crippen molar-refractivity contribution in [2.75, 3.05) is 0 Å². The molecule has 0 heterocycles. The van der Waals surface area contributed by atoms with Crippen LogP contribution < -0.4 is 4.74 Å². The normalized spacial score (nSPS) is 11.4. The molecule has 0 unspecified atom stereocenters. The highest BCUT2D eigenvalue weighted by Gasteiger charge is 2.28. The van der Waals surface area contributed by atoms with Crippen molar-refractivity contribution in [2.24, 2.45) is 0 Å². The van der Waals surface area contributed by atoms with E-state index in [2.05, 4.69) is 79.6 Å². The lowest BCUT2D eigenvalue weighted by Crippen LogP contribution is -2.17. The molecular weight excluding hydrogens is 572 g/mol. The molecule has 0 fully saturated rings. The fourth-order valence-corrected chi connectivity index (χ4v) is 3.64. The van der Waals surface area contributed by atoms with Crippen molar-refractivity contribution in [2.45, 2.75) is 3.42 Å². The summed E-state index contributed by atoms with van der Waals surface area (Å²) in [6.45, 7) is 0. The van der Waals surface area contributed by atoms with Gasteiger partial charge in [0.25, 0.3) is 0 Å². The van der Waals surface area contributed by atoms with Crippen LogP contribution in [0, 0.1) is 0 Å². The molecule has 0 atom stereocenters. The first-order chi connectivity index (χ1) is 8.92. The van der Waals surface area contributed by atoms with Crippen LogP contribution in [0.15, 0.2) is 55.9 Å². The van der Waals surface area contributed by atoms with Gasteiger partial charge in [0.1, 0.15) is 5.75 Å². The lowest BCUT2D eigenvalue weighted by molar-refractivity contribution is 0.273. The topological polar surface area (TPSA) is 9.23 Å². The summed E-state index contributed by atoms with van der Waals surface area (Å²) in [4.78, 5) is 0. The Bertz CT molecular complexity index is 583. The van der Waals surface area contributed by atoms with Crippen LogP contribution in [0.3, 0.4) is 0 Å². The highest BCUT2D eigenvalue weighted by Crippen LogP contribution is 2.45. The Morgan fingerprint density at radius 1 is 0.789 bits per heavy atom. The molecule has 0 radical (unpaired) electrons.